The van der Waals surface area contributed by atoms with Crippen LogP contribution in [0.25, 0.3) is 0 Å². The average Bonchev–Trinajstić information content (AvgIpc) is 2.72. The molecule has 0 aromatic heterocycles. The Balaban J connectivity index is 1.76. The van der Waals surface area contributed by atoms with E-state index < -0.39 is 0 Å². The SMILES string of the molecule is CCCC1CCN(CC2CC(C)CCC2O)C1. The molecule has 1 saturated heterocycles. The molecule has 1 aliphatic carbocycles. The van der Waals surface area contributed by atoms with Crippen LogP contribution >= 0.6 is 0 Å². The second kappa shape index (κ2) is 6.19. The Hall–Kier alpha value is -0.0800. The minimum atomic E-state index is -0.0311. The van der Waals surface area contributed by atoms with E-state index in [1.165, 1.54) is 45.2 Å². The molecule has 2 rings (SSSR count). The molecule has 17 heavy (non-hydrogen) atoms. The van der Waals surface area contributed by atoms with Gasteiger partial charge in [0.1, 0.15) is 0 Å². The second-order valence-electron chi connectivity index (χ2n) is 6.45. The lowest BCUT2D eigenvalue weighted by molar-refractivity contribution is 0.0339. The molecule has 4 unspecified atom stereocenters. The normalized spacial score (nSPS) is 39.7. The van der Waals surface area contributed by atoms with Gasteiger partial charge in [0.25, 0.3) is 0 Å². The number of nitrogens with zero attached hydrogens (tertiary/aromatic N) is 1. The van der Waals surface area contributed by atoms with Crippen LogP contribution in [0.2, 0.25) is 0 Å². The molecule has 100 valence electrons. The molecule has 2 heteroatoms. The Kier molecular flexibility index (Phi) is 4.87. The summed E-state index contributed by atoms with van der Waals surface area (Å²) in [7, 11) is 0. The number of aliphatic hydroxyl groups is 1. The van der Waals surface area contributed by atoms with Crippen LogP contribution < -0.4 is 0 Å². The minimum absolute atomic E-state index is 0.0311. The number of hydrogen-bond acceptors (Lipinski definition) is 2. The number of aliphatic hydroxyl groups excluding tert-OH is 1. The lowest BCUT2D eigenvalue weighted by Gasteiger charge is -2.34. The van der Waals surface area contributed by atoms with Crippen molar-refractivity contribution in [1.82, 2.24) is 4.90 Å². The van der Waals surface area contributed by atoms with E-state index in [0.29, 0.717) is 5.92 Å². The molecule has 0 amide bonds. The van der Waals surface area contributed by atoms with Crippen molar-refractivity contribution in [2.45, 2.75) is 58.5 Å². The second-order valence-corrected chi connectivity index (χ2v) is 6.45. The zero-order valence-corrected chi connectivity index (χ0v) is 11.6. The lowest BCUT2D eigenvalue weighted by atomic mass is 9.80. The van der Waals surface area contributed by atoms with Gasteiger partial charge in [0.05, 0.1) is 6.10 Å². The van der Waals surface area contributed by atoms with Gasteiger partial charge in [-0.2, -0.15) is 0 Å². The van der Waals surface area contributed by atoms with Crippen LogP contribution in [0.15, 0.2) is 0 Å². The standard InChI is InChI=1S/C15H29NO/c1-3-4-13-7-8-16(10-13)11-14-9-12(2)5-6-15(14)17/h12-15,17H,3-11H2,1-2H3. The molecule has 1 aliphatic heterocycles. The monoisotopic (exact) mass is 239 g/mol. The molecule has 0 aromatic rings. The van der Waals surface area contributed by atoms with Gasteiger partial charge >= 0.3 is 0 Å². The average molecular weight is 239 g/mol. The summed E-state index contributed by atoms with van der Waals surface area (Å²) in [5.41, 5.74) is 0. The maximum Gasteiger partial charge on any atom is 0.0580 e. The van der Waals surface area contributed by atoms with Gasteiger partial charge in [0, 0.05) is 13.1 Å². The van der Waals surface area contributed by atoms with Crippen molar-refractivity contribution in [1.29, 1.82) is 0 Å². The van der Waals surface area contributed by atoms with Crippen LogP contribution in [-0.2, 0) is 0 Å². The number of hydrogen-bond donors (Lipinski definition) is 1. The van der Waals surface area contributed by atoms with Crippen LogP contribution in [0.5, 0.6) is 0 Å². The Labute approximate surface area is 106 Å². The first-order valence-corrected chi connectivity index (χ1v) is 7.59. The molecule has 1 heterocycles. The van der Waals surface area contributed by atoms with Crippen LogP contribution in [0.3, 0.4) is 0 Å². The van der Waals surface area contributed by atoms with Crippen molar-refractivity contribution in [2.24, 2.45) is 17.8 Å². The maximum absolute atomic E-state index is 10.1. The first-order valence-electron chi connectivity index (χ1n) is 7.59. The van der Waals surface area contributed by atoms with Crippen LogP contribution in [0.1, 0.15) is 52.4 Å². The van der Waals surface area contributed by atoms with E-state index in [1.54, 1.807) is 0 Å². The van der Waals surface area contributed by atoms with Crippen LogP contribution in [0, 0.1) is 17.8 Å². The molecule has 2 aliphatic rings. The van der Waals surface area contributed by atoms with Gasteiger partial charge in [0.15, 0.2) is 0 Å². The highest BCUT2D eigenvalue weighted by atomic mass is 16.3. The molecular weight excluding hydrogens is 210 g/mol. The molecule has 0 bridgehead atoms. The van der Waals surface area contributed by atoms with Gasteiger partial charge in [-0.25, -0.2) is 0 Å². The van der Waals surface area contributed by atoms with E-state index >= 15 is 0 Å². The summed E-state index contributed by atoms with van der Waals surface area (Å²) >= 11 is 0. The summed E-state index contributed by atoms with van der Waals surface area (Å²) in [6.07, 6.45) is 7.54. The molecular formula is C15H29NO. The Bertz CT molecular complexity index is 231. The first kappa shape index (κ1) is 13.4. The van der Waals surface area contributed by atoms with E-state index in [9.17, 15) is 5.11 Å². The topological polar surface area (TPSA) is 23.5 Å². The van der Waals surface area contributed by atoms with E-state index in [0.717, 1.165) is 24.8 Å². The fourth-order valence-corrected chi connectivity index (χ4v) is 3.73. The third kappa shape index (κ3) is 3.69. The molecule has 0 spiro atoms. The highest BCUT2D eigenvalue weighted by molar-refractivity contribution is 4.83. The molecule has 0 aromatic carbocycles. The quantitative estimate of drug-likeness (QED) is 0.815. The van der Waals surface area contributed by atoms with Crippen molar-refractivity contribution in [3.05, 3.63) is 0 Å². The van der Waals surface area contributed by atoms with Gasteiger partial charge in [-0.3, -0.25) is 0 Å². The fourth-order valence-electron chi connectivity index (χ4n) is 3.73. The van der Waals surface area contributed by atoms with Crippen LogP contribution in [0.4, 0.5) is 0 Å². The summed E-state index contributed by atoms with van der Waals surface area (Å²) in [4.78, 5) is 2.60. The summed E-state index contributed by atoms with van der Waals surface area (Å²) in [6.45, 7) is 8.32. The van der Waals surface area contributed by atoms with Gasteiger partial charge in [-0.05, 0) is 56.4 Å². The third-order valence-electron chi connectivity index (χ3n) is 4.76. The summed E-state index contributed by atoms with van der Waals surface area (Å²) in [5.74, 6) is 2.29. The summed E-state index contributed by atoms with van der Waals surface area (Å²) in [6, 6.07) is 0. The molecule has 0 radical (unpaired) electrons. The van der Waals surface area contributed by atoms with Gasteiger partial charge in [-0.15, -0.1) is 0 Å². The zero-order valence-electron chi connectivity index (χ0n) is 11.6. The number of rotatable bonds is 4. The Morgan fingerprint density at radius 1 is 1.24 bits per heavy atom. The molecule has 2 fully saturated rings. The highest BCUT2D eigenvalue weighted by Gasteiger charge is 2.30. The van der Waals surface area contributed by atoms with Crippen molar-refractivity contribution < 1.29 is 5.11 Å². The van der Waals surface area contributed by atoms with Crippen molar-refractivity contribution in [2.75, 3.05) is 19.6 Å². The predicted molar refractivity (Wildman–Crippen MR) is 72.0 cm³/mol. The first-order chi connectivity index (χ1) is 8.19. The highest BCUT2D eigenvalue weighted by Crippen LogP contribution is 2.31. The van der Waals surface area contributed by atoms with Crippen molar-refractivity contribution in [3.8, 4) is 0 Å². The van der Waals surface area contributed by atoms with Gasteiger partial charge in [0.2, 0.25) is 0 Å². The van der Waals surface area contributed by atoms with Crippen molar-refractivity contribution in [3.63, 3.8) is 0 Å². The summed E-state index contributed by atoms with van der Waals surface area (Å²) in [5, 5.41) is 10.1. The maximum atomic E-state index is 10.1. The van der Waals surface area contributed by atoms with E-state index in [1.807, 2.05) is 0 Å². The summed E-state index contributed by atoms with van der Waals surface area (Å²) < 4.78 is 0. The third-order valence-corrected chi connectivity index (χ3v) is 4.76. The lowest BCUT2D eigenvalue weighted by Crippen LogP contribution is -2.37. The van der Waals surface area contributed by atoms with Gasteiger partial charge < -0.3 is 10.0 Å². The van der Waals surface area contributed by atoms with E-state index in [2.05, 4.69) is 18.7 Å². The van der Waals surface area contributed by atoms with Crippen molar-refractivity contribution >= 4 is 0 Å². The largest absolute Gasteiger partial charge is 0.393 e. The molecule has 4 atom stereocenters. The number of likely N-dealkylation sites (tertiary alicyclic amines) is 1. The molecule has 1 N–H and O–H groups in total. The smallest absolute Gasteiger partial charge is 0.0580 e. The van der Waals surface area contributed by atoms with E-state index in [-0.39, 0.29) is 6.10 Å². The Morgan fingerprint density at radius 3 is 2.82 bits per heavy atom. The van der Waals surface area contributed by atoms with Gasteiger partial charge in [-0.1, -0.05) is 20.3 Å². The molecule has 2 nitrogen and oxygen atoms in total. The van der Waals surface area contributed by atoms with Crippen LogP contribution in [-0.4, -0.2) is 35.7 Å². The Morgan fingerprint density at radius 2 is 2.06 bits per heavy atom. The minimum Gasteiger partial charge on any atom is -0.393 e. The van der Waals surface area contributed by atoms with E-state index in [4.69, 9.17) is 0 Å². The predicted octanol–water partition coefficient (Wildman–Crippen LogP) is 2.91. The fraction of sp³-hybridized carbons (Fsp3) is 1.00. The zero-order chi connectivity index (χ0) is 12.3. The molecule has 1 saturated carbocycles.